The lowest BCUT2D eigenvalue weighted by Gasteiger charge is -2.19. The topological polar surface area (TPSA) is 15.3 Å². The van der Waals surface area contributed by atoms with Crippen LogP contribution in [0.4, 0.5) is 18.9 Å². The molecule has 1 aliphatic rings. The van der Waals surface area contributed by atoms with Crippen molar-refractivity contribution in [2.24, 2.45) is 5.92 Å². The second-order valence-electron chi connectivity index (χ2n) is 5.19. The molecular weight excluding hydrogens is 253 g/mol. The Morgan fingerprint density at radius 3 is 2.84 bits per heavy atom. The van der Waals surface area contributed by atoms with Crippen LogP contribution in [0.1, 0.15) is 12.0 Å². The average Bonchev–Trinajstić information content (AvgIpc) is 2.76. The van der Waals surface area contributed by atoms with Gasteiger partial charge in [0, 0.05) is 25.3 Å². The van der Waals surface area contributed by atoms with Gasteiger partial charge in [-0.1, -0.05) is 12.1 Å². The normalized spacial score (nSPS) is 20.0. The van der Waals surface area contributed by atoms with E-state index in [9.17, 15) is 13.2 Å². The molecule has 1 atom stereocenters. The minimum absolute atomic E-state index is 0.294. The number of alkyl halides is 3. The standard InChI is InChI=1S/C14H19F3N2/c1-11-3-2-4-13(7-11)19-6-5-12(9-19)8-18-10-14(15,16)17/h2-4,7,12,18H,5-6,8-10H2,1H3. The number of aryl methyl sites for hydroxylation is 1. The Morgan fingerprint density at radius 1 is 1.37 bits per heavy atom. The molecule has 2 rings (SSSR count). The number of nitrogens with one attached hydrogen (secondary N) is 1. The summed E-state index contributed by atoms with van der Waals surface area (Å²) in [5, 5.41) is 2.50. The molecule has 0 radical (unpaired) electrons. The van der Waals surface area contributed by atoms with Gasteiger partial charge in [0.15, 0.2) is 0 Å². The van der Waals surface area contributed by atoms with Crippen LogP contribution in [0.2, 0.25) is 0 Å². The van der Waals surface area contributed by atoms with Crippen LogP contribution in [0.25, 0.3) is 0 Å². The van der Waals surface area contributed by atoms with Crippen LogP contribution in [0.15, 0.2) is 24.3 Å². The molecule has 1 heterocycles. The molecule has 0 spiro atoms. The summed E-state index contributed by atoms with van der Waals surface area (Å²) < 4.78 is 36.1. The molecule has 5 heteroatoms. The van der Waals surface area contributed by atoms with Gasteiger partial charge in [0.2, 0.25) is 0 Å². The van der Waals surface area contributed by atoms with E-state index in [4.69, 9.17) is 0 Å². The lowest BCUT2D eigenvalue weighted by Crippen LogP contribution is -2.33. The summed E-state index contributed by atoms with van der Waals surface area (Å²) in [5.74, 6) is 0.294. The predicted molar refractivity (Wildman–Crippen MR) is 70.4 cm³/mol. The monoisotopic (exact) mass is 272 g/mol. The Balaban J connectivity index is 1.80. The van der Waals surface area contributed by atoms with Gasteiger partial charge in [-0.3, -0.25) is 0 Å². The van der Waals surface area contributed by atoms with Crippen molar-refractivity contribution in [2.75, 3.05) is 31.1 Å². The lowest BCUT2D eigenvalue weighted by atomic mass is 10.1. The third-order valence-corrected chi connectivity index (χ3v) is 3.41. The highest BCUT2D eigenvalue weighted by atomic mass is 19.4. The molecule has 1 aliphatic heterocycles. The third-order valence-electron chi connectivity index (χ3n) is 3.41. The molecule has 0 amide bonds. The molecule has 0 aliphatic carbocycles. The van der Waals surface area contributed by atoms with Crippen LogP contribution < -0.4 is 10.2 Å². The quantitative estimate of drug-likeness (QED) is 0.906. The Labute approximate surface area is 111 Å². The van der Waals surface area contributed by atoms with Crippen molar-refractivity contribution in [3.8, 4) is 0 Å². The zero-order valence-corrected chi connectivity index (χ0v) is 11.0. The maximum atomic E-state index is 12.0. The predicted octanol–water partition coefficient (Wildman–Crippen LogP) is 2.97. The molecule has 1 unspecified atom stereocenters. The Hall–Kier alpha value is -1.23. The van der Waals surface area contributed by atoms with E-state index >= 15 is 0 Å². The first-order valence-corrected chi connectivity index (χ1v) is 6.53. The van der Waals surface area contributed by atoms with Gasteiger partial charge in [0.1, 0.15) is 0 Å². The van der Waals surface area contributed by atoms with Crippen LogP contribution in [-0.2, 0) is 0 Å². The van der Waals surface area contributed by atoms with Crippen molar-refractivity contribution in [1.82, 2.24) is 5.32 Å². The minimum atomic E-state index is -4.12. The number of halogens is 3. The maximum absolute atomic E-state index is 12.0. The number of anilines is 1. The number of benzene rings is 1. The number of hydrogen-bond donors (Lipinski definition) is 1. The molecule has 1 aromatic rings. The summed E-state index contributed by atoms with van der Waals surface area (Å²) >= 11 is 0. The van der Waals surface area contributed by atoms with Gasteiger partial charge in [-0.25, -0.2) is 0 Å². The highest BCUT2D eigenvalue weighted by Crippen LogP contribution is 2.24. The zero-order chi connectivity index (χ0) is 13.9. The van der Waals surface area contributed by atoms with E-state index in [1.54, 1.807) is 0 Å². The van der Waals surface area contributed by atoms with Crippen molar-refractivity contribution in [3.05, 3.63) is 29.8 Å². The molecule has 1 N–H and O–H groups in total. The van der Waals surface area contributed by atoms with E-state index in [0.29, 0.717) is 12.5 Å². The van der Waals surface area contributed by atoms with Gasteiger partial charge in [-0.2, -0.15) is 13.2 Å². The van der Waals surface area contributed by atoms with E-state index in [2.05, 4.69) is 22.3 Å². The molecule has 1 fully saturated rings. The summed E-state index contributed by atoms with van der Waals surface area (Å²) in [6.45, 7) is 3.33. The van der Waals surface area contributed by atoms with Gasteiger partial charge < -0.3 is 10.2 Å². The minimum Gasteiger partial charge on any atom is -0.371 e. The molecule has 1 aromatic carbocycles. The highest BCUT2D eigenvalue weighted by molar-refractivity contribution is 5.49. The third kappa shape index (κ3) is 4.42. The second-order valence-corrected chi connectivity index (χ2v) is 5.19. The fourth-order valence-electron chi connectivity index (χ4n) is 2.48. The summed E-state index contributed by atoms with van der Waals surface area (Å²) in [6, 6.07) is 8.23. The highest BCUT2D eigenvalue weighted by Gasteiger charge is 2.28. The SMILES string of the molecule is Cc1cccc(N2CCC(CNCC(F)(F)F)C2)c1. The maximum Gasteiger partial charge on any atom is 0.401 e. The number of hydrogen-bond acceptors (Lipinski definition) is 2. The molecule has 0 saturated carbocycles. The van der Waals surface area contributed by atoms with Crippen molar-refractivity contribution < 1.29 is 13.2 Å². The number of rotatable bonds is 4. The van der Waals surface area contributed by atoms with Gasteiger partial charge in [0.25, 0.3) is 0 Å². The molecule has 19 heavy (non-hydrogen) atoms. The van der Waals surface area contributed by atoms with Crippen LogP contribution in [0.3, 0.4) is 0 Å². The van der Waals surface area contributed by atoms with Gasteiger partial charge in [-0.05, 0) is 37.0 Å². The molecule has 2 nitrogen and oxygen atoms in total. The molecule has 1 saturated heterocycles. The van der Waals surface area contributed by atoms with Crippen LogP contribution in [0, 0.1) is 12.8 Å². The van der Waals surface area contributed by atoms with Gasteiger partial charge in [0.05, 0.1) is 6.54 Å². The van der Waals surface area contributed by atoms with E-state index in [1.807, 2.05) is 19.1 Å². The first-order chi connectivity index (χ1) is 8.94. The van der Waals surface area contributed by atoms with Gasteiger partial charge in [-0.15, -0.1) is 0 Å². The zero-order valence-electron chi connectivity index (χ0n) is 11.0. The lowest BCUT2D eigenvalue weighted by molar-refractivity contribution is -0.125. The molecule has 0 bridgehead atoms. The van der Waals surface area contributed by atoms with Crippen molar-refractivity contribution in [3.63, 3.8) is 0 Å². The number of nitrogens with zero attached hydrogens (tertiary/aromatic N) is 1. The Morgan fingerprint density at radius 2 is 2.16 bits per heavy atom. The molecular formula is C14H19F3N2. The average molecular weight is 272 g/mol. The van der Waals surface area contributed by atoms with Crippen LogP contribution >= 0.6 is 0 Å². The van der Waals surface area contributed by atoms with Crippen molar-refractivity contribution >= 4 is 5.69 Å². The Kier molecular flexibility index (Phi) is 4.34. The largest absolute Gasteiger partial charge is 0.401 e. The summed E-state index contributed by atoms with van der Waals surface area (Å²) in [6.07, 6.45) is -3.17. The smallest absolute Gasteiger partial charge is 0.371 e. The summed E-state index contributed by atoms with van der Waals surface area (Å²) in [7, 11) is 0. The van der Waals surface area contributed by atoms with Crippen molar-refractivity contribution in [1.29, 1.82) is 0 Å². The second kappa shape index (κ2) is 5.82. The van der Waals surface area contributed by atoms with E-state index < -0.39 is 12.7 Å². The molecule has 106 valence electrons. The molecule has 0 aromatic heterocycles. The first-order valence-electron chi connectivity index (χ1n) is 6.53. The van der Waals surface area contributed by atoms with Crippen molar-refractivity contribution in [2.45, 2.75) is 19.5 Å². The first kappa shape index (κ1) is 14.2. The van der Waals surface area contributed by atoms with Crippen LogP contribution in [-0.4, -0.2) is 32.4 Å². The van der Waals surface area contributed by atoms with E-state index in [-0.39, 0.29) is 0 Å². The summed E-state index contributed by atoms with van der Waals surface area (Å²) in [4.78, 5) is 2.24. The summed E-state index contributed by atoms with van der Waals surface area (Å²) in [5.41, 5.74) is 2.37. The Bertz CT molecular complexity index is 417. The fraction of sp³-hybridized carbons (Fsp3) is 0.571. The fourth-order valence-corrected chi connectivity index (χ4v) is 2.48. The van der Waals surface area contributed by atoms with E-state index in [0.717, 1.165) is 19.5 Å². The van der Waals surface area contributed by atoms with Gasteiger partial charge >= 0.3 is 6.18 Å². The van der Waals surface area contributed by atoms with E-state index in [1.165, 1.54) is 11.3 Å². The van der Waals surface area contributed by atoms with Crippen LogP contribution in [0.5, 0.6) is 0 Å².